The van der Waals surface area contributed by atoms with Crippen molar-refractivity contribution in [1.29, 1.82) is 0 Å². The second kappa shape index (κ2) is 5.72. The van der Waals surface area contributed by atoms with E-state index in [1.165, 1.54) is 6.42 Å². The molecule has 2 rings (SSSR count). The lowest BCUT2D eigenvalue weighted by atomic mass is 10.1. The molecule has 0 aliphatic carbocycles. The van der Waals surface area contributed by atoms with Crippen LogP contribution in [0.5, 0.6) is 0 Å². The molecule has 1 amide bonds. The molecule has 2 heterocycles. The highest BCUT2D eigenvalue weighted by molar-refractivity contribution is 7.99. The lowest BCUT2D eigenvalue weighted by molar-refractivity contribution is -0.123. The van der Waals surface area contributed by atoms with Gasteiger partial charge in [0, 0.05) is 24.8 Å². The Labute approximate surface area is 94.5 Å². The van der Waals surface area contributed by atoms with Gasteiger partial charge in [0.25, 0.3) is 0 Å². The fraction of sp³-hybridized carbons (Fsp3) is 0.900. The number of amides is 1. The summed E-state index contributed by atoms with van der Waals surface area (Å²) in [6.07, 6.45) is 3.69. The average molecular weight is 230 g/mol. The van der Waals surface area contributed by atoms with E-state index < -0.39 is 0 Å². The maximum Gasteiger partial charge on any atom is 0.238 e. The van der Waals surface area contributed by atoms with Crippen molar-refractivity contribution in [3.63, 3.8) is 0 Å². The van der Waals surface area contributed by atoms with Crippen LogP contribution in [0, 0.1) is 0 Å². The number of hydrogen-bond donors (Lipinski definition) is 2. The fourth-order valence-electron chi connectivity index (χ4n) is 1.87. The van der Waals surface area contributed by atoms with Gasteiger partial charge >= 0.3 is 0 Å². The van der Waals surface area contributed by atoms with E-state index in [0.29, 0.717) is 6.54 Å². The van der Waals surface area contributed by atoms with Crippen molar-refractivity contribution in [3.05, 3.63) is 0 Å². The van der Waals surface area contributed by atoms with Crippen molar-refractivity contribution >= 4 is 17.7 Å². The smallest absolute Gasteiger partial charge is 0.238 e. The van der Waals surface area contributed by atoms with Crippen LogP contribution in [-0.2, 0) is 9.53 Å². The van der Waals surface area contributed by atoms with Crippen molar-refractivity contribution in [2.24, 2.45) is 0 Å². The minimum Gasteiger partial charge on any atom is -0.376 e. The number of thioether (sulfide) groups is 1. The summed E-state index contributed by atoms with van der Waals surface area (Å²) in [7, 11) is 0. The number of carbonyl (C=O) groups is 1. The Kier molecular flexibility index (Phi) is 4.29. The van der Waals surface area contributed by atoms with Crippen LogP contribution in [0.15, 0.2) is 0 Å². The topological polar surface area (TPSA) is 50.4 Å². The van der Waals surface area contributed by atoms with E-state index in [1.54, 1.807) is 11.8 Å². The first-order valence-corrected chi connectivity index (χ1v) is 6.72. The van der Waals surface area contributed by atoms with Gasteiger partial charge in [0.2, 0.25) is 5.91 Å². The van der Waals surface area contributed by atoms with Crippen LogP contribution in [0.3, 0.4) is 0 Å². The van der Waals surface area contributed by atoms with Crippen LogP contribution in [0.25, 0.3) is 0 Å². The summed E-state index contributed by atoms with van der Waals surface area (Å²) in [6, 6.07) is -0.00131. The van der Waals surface area contributed by atoms with E-state index in [2.05, 4.69) is 10.6 Å². The van der Waals surface area contributed by atoms with Crippen LogP contribution in [0.4, 0.5) is 0 Å². The lowest BCUT2D eigenvalue weighted by Gasteiger charge is -2.23. The molecule has 0 aromatic rings. The summed E-state index contributed by atoms with van der Waals surface area (Å²) in [4.78, 5) is 11.6. The normalized spacial score (nSPS) is 31.5. The van der Waals surface area contributed by atoms with E-state index in [9.17, 15) is 4.79 Å². The van der Waals surface area contributed by atoms with Crippen molar-refractivity contribution in [1.82, 2.24) is 10.6 Å². The van der Waals surface area contributed by atoms with Crippen molar-refractivity contribution in [2.75, 3.05) is 24.8 Å². The summed E-state index contributed by atoms with van der Waals surface area (Å²) in [5, 5.41) is 6.11. The summed E-state index contributed by atoms with van der Waals surface area (Å²) in [6.45, 7) is 1.51. The number of hydrogen-bond acceptors (Lipinski definition) is 4. The highest BCUT2D eigenvalue weighted by atomic mass is 32.2. The Bertz CT molecular complexity index is 213. The molecule has 1 unspecified atom stereocenters. The number of rotatable bonds is 3. The molecular formula is C10H18N2O2S. The third kappa shape index (κ3) is 3.36. The summed E-state index contributed by atoms with van der Waals surface area (Å²) in [5.41, 5.74) is 0. The van der Waals surface area contributed by atoms with Crippen LogP contribution in [-0.4, -0.2) is 42.8 Å². The molecule has 2 fully saturated rings. The third-order valence-corrected chi connectivity index (χ3v) is 3.75. The molecule has 86 valence electrons. The maximum atomic E-state index is 11.6. The van der Waals surface area contributed by atoms with Crippen LogP contribution < -0.4 is 10.6 Å². The number of carbonyl (C=O) groups excluding carboxylic acids is 1. The molecule has 2 atom stereocenters. The van der Waals surface area contributed by atoms with Gasteiger partial charge in [0.1, 0.15) is 0 Å². The van der Waals surface area contributed by atoms with Crippen molar-refractivity contribution in [2.45, 2.75) is 31.4 Å². The molecule has 2 aliphatic rings. The first-order chi connectivity index (χ1) is 7.36. The molecule has 0 aromatic heterocycles. The maximum absolute atomic E-state index is 11.6. The molecule has 0 saturated carbocycles. The first kappa shape index (κ1) is 11.2. The minimum atomic E-state index is -0.00131. The number of nitrogens with one attached hydrogen (secondary N) is 2. The van der Waals surface area contributed by atoms with Gasteiger partial charge in [-0.3, -0.25) is 10.1 Å². The monoisotopic (exact) mass is 230 g/mol. The van der Waals surface area contributed by atoms with Gasteiger partial charge in [0.05, 0.1) is 12.1 Å². The summed E-state index contributed by atoms with van der Waals surface area (Å²) >= 11 is 1.77. The van der Waals surface area contributed by atoms with E-state index in [-0.39, 0.29) is 18.1 Å². The van der Waals surface area contributed by atoms with Crippen molar-refractivity contribution < 1.29 is 9.53 Å². The second-order valence-electron chi connectivity index (χ2n) is 4.01. The molecule has 0 radical (unpaired) electrons. The van der Waals surface area contributed by atoms with Crippen LogP contribution >= 0.6 is 11.8 Å². The Morgan fingerprint density at radius 3 is 3.13 bits per heavy atom. The Balaban J connectivity index is 1.65. The molecule has 2 N–H and O–H groups in total. The summed E-state index contributed by atoms with van der Waals surface area (Å²) < 4.78 is 5.55. The number of ether oxygens (including phenoxy) is 1. The second-order valence-corrected chi connectivity index (χ2v) is 5.04. The predicted molar refractivity (Wildman–Crippen MR) is 60.8 cm³/mol. The molecule has 5 heteroatoms. The van der Waals surface area contributed by atoms with Gasteiger partial charge in [-0.25, -0.2) is 0 Å². The molecule has 0 spiro atoms. The standard InChI is InChI=1S/C10H18N2O2S/c13-10(9-6-15-7-12-9)11-5-8-3-1-2-4-14-8/h8-9,12H,1-7H2,(H,11,13)/t8?,9-/m1/s1. The minimum absolute atomic E-state index is 0.00131. The zero-order chi connectivity index (χ0) is 10.5. The lowest BCUT2D eigenvalue weighted by Crippen LogP contribution is -2.45. The van der Waals surface area contributed by atoms with Gasteiger partial charge in [-0.2, -0.15) is 0 Å². The SMILES string of the molecule is O=C(NCC1CCCCO1)[C@H]1CSCN1. The molecule has 0 aromatic carbocycles. The summed E-state index contributed by atoms with van der Waals surface area (Å²) in [5.74, 6) is 1.89. The van der Waals surface area contributed by atoms with Crippen LogP contribution in [0.1, 0.15) is 19.3 Å². The molecule has 0 bridgehead atoms. The van der Waals surface area contributed by atoms with Gasteiger partial charge in [-0.05, 0) is 19.3 Å². The Morgan fingerprint density at radius 1 is 1.53 bits per heavy atom. The quantitative estimate of drug-likeness (QED) is 0.734. The van der Waals surface area contributed by atoms with Gasteiger partial charge in [-0.15, -0.1) is 11.8 Å². The first-order valence-electron chi connectivity index (χ1n) is 5.57. The highest BCUT2D eigenvalue weighted by Gasteiger charge is 2.23. The Hall–Kier alpha value is -0.260. The molecule has 4 nitrogen and oxygen atoms in total. The zero-order valence-corrected chi connectivity index (χ0v) is 9.65. The largest absolute Gasteiger partial charge is 0.376 e. The Morgan fingerprint density at radius 2 is 2.47 bits per heavy atom. The van der Waals surface area contributed by atoms with E-state index in [0.717, 1.165) is 31.1 Å². The molecule has 15 heavy (non-hydrogen) atoms. The predicted octanol–water partition coefficient (Wildman–Crippen LogP) is 0.334. The third-order valence-electron chi connectivity index (χ3n) is 2.81. The van der Waals surface area contributed by atoms with Gasteiger partial charge in [0.15, 0.2) is 0 Å². The molecule has 2 saturated heterocycles. The average Bonchev–Trinajstić information content (AvgIpc) is 2.81. The van der Waals surface area contributed by atoms with Crippen molar-refractivity contribution in [3.8, 4) is 0 Å². The van der Waals surface area contributed by atoms with Gasteiger partial charge in [-0.1, -0.05) is 0 Å². The zero-order valence-electron chi connectivity index (χ0n) is 8.83. The molecular weight excluding hydrogens is 212 g/mol. The molecule has 2 aliphatic heterocycles. The van der Waals surface area contributed by atoms with E-state index in [1.807, 2.05) is 0 Å². The van der Waals surface area contributed by atoms with E-state index in [4.69, 9.17) is 4.74 Å². The highest BCUT2D eigenvalue weighted by Crippen LogP contribution is 2.12. The van der Waals surface area contributed by atoms with Crippen LogP contribution in [0.2, 0.25) is 0 Å². The fourth-order valence-corrected chi connectivity index (χ4v) is 2.81. The van der Waals surface area contributed by atoms with E-state index >= 15 is 0 Å². The van der Waals surface area contributed by atoms with Gasteiger partial charge < -0.3 is 10.1 Å².